The highest BCUT2D eigenvalue weighted by atomic mass is 79.9. The minimum absolute atomic E-state index is 0.174. The van der Waals surface area contributed by atoms with Crippen molar-refractivity contribution in [3.63, 3.8) is 0 Å². The van der Waals surface area contributed by atoms with Gasteiger partial charge in [-0.1, -0.05) is 28.1 Å². The summed E-state index contributed by atoms with van der Waals surface area (Å²) in [6, 6.07) is 7.54. The van der Waals surface area contributed by atoms with Gasteiger partial charge in [-0.25, -0.2) is 0 Å². The van der Waals surface area contributed by atoms with Crippen molar-refractivity contribution in [2.24, 2.45) is 0 Å². The van der Waals surface area contributed by atoms with Crippen LogP contribution < -0.4 is 4.74 Å². The van der Waals surface area contributed by atoms with Crippen LogP contribution >= 0.6 is 15.9 Å². The molecule has 0 fully saturated rings. The van der Waals surface area contributed by atoms with Gasteiger partial charge in [0.15, 0.2) is 0 Å². The molecule has 1 rings (SSSR count). The maximum atomic E-state index is 11.1. The van der Waals surface area contributed by atoms with Crippen LogP contribution in [0.2, 0.25) is 0 Å². The van der Waals surface area contributed by atoms with Crippen molar-refractivity contribution in [2.45, 2.75) is 6.42 Å². The minimum Gasteiger partial charge on any atom is -0.497 e. The summed E-state index contributed by atoms with van der Waals surface area (Å²) in [6.07, 6.45) is 0.461. The number of hydrogen-bond acceptors (Lipinski definition) is 2. The fraction of sp³-hybridized carbons (Fsp3) is 0.300. The van der Waals surface area contributed by atoms with E-state index >= 15 is 0 Å². The summed E-state index contributed by atoms with van der Waals surface area (Å²) in [5.74, 6) is 0.966. The Hall–Kier alpha value is -0.830. The minimum atomic E-state index is 0.174. The van der Waals surface area contributed by atoms with Gasteiger partial charge in [-0.3, -0.25) is 4.79 Å². The molecule has 1 aromatic carbocycles. The summed E-state index contributed by atoms with van der Waals surface area (Å²) in [5.41, 5.74) is 0.990. The largest absolute Gasteiger partial charge is 0.497 e. The van der Waals surface area contributed by atoms with Gasteiger partial charge in [0, 0.05) is 6.42 Å². The Labute approximate surface area is 86.0 Å². The standard InChI is InChI=1S/C10H11BrO2/c1-13-10-4-2-3-8(6-10)5-9(12)7-11/h2-4,6H,5,7H2,1H3. The molecule has 0 bridgehead atoms. The van der Waals surface area contributed by atoms with E-state index in [9.17, 15) is 4.79 Å². The maximum absolute atomic E-state index is 11.1. The average Bonchev–Trinajstić information content (AvgIpc) is 2.18. The molecular weight excluding hydrogens is 232 g/mol. The van der Waals surface area contributed by atoms with Crippen LogP contribution in [0, 0.1) is 0 Å². The molecule has 0 aromatic heterocycles. The van der Waals surface area contributed by atoms with E-state index in [1.807, 2.05) is 24.3 Å². The molecule has 0 N–H and O–H groups in total. The van der Waals surface area contributed by atoms with Crippen molar-refractivity contribution < 1.29 is 9.53 Å². The molecule has 0 heterocycles. The highest BCUT2D eigenvalue weighted by Gasteiger charge is 2.02. The Morgan fingerprint density at radius 3 is 2.92 bits per heavy atom. The molecule has 0 aliphatic rings. The van der Waals surface area contributed by atoms with Crippen molar-refractivity contribution in [3.05, 3.63) is 29.8 Å². The van der Waals surface area contributed by atoms with Gasteiger partial charge >= 0.3 is 0 Å². The van der Waals surface area contributed by atoms with Crippen LogP contribution in [0.1, 0.15) is 5.56 Å². The van der Waals surface area contributed by atoms with E-state index in [4.69, 9.17) is 4.74 Å². The van der Waals surface area contributed by atoms with Gasteiger partial charge in [0.05, 0.1) is 12.4 Å². The zero-order chi connectivity index (χ0) is 9.68. The third-order valence-electron chi connectivity index (χ3n) is 1.68. The van der Waals surface area contributed by atoms with Gasteiger partial charge in [-0.05, 0) is 17.7 Å². The number of benzene rings is 1. The summed E-state index contributed by atoms with van der Waals surface area (Å²) < 4.78 is 5.05. The molecule has 13 heavy (non-hydrogen) atoms. The van der Waals surface area contributed by atoms with Crippen LogP contribution in [0.25, 0.3) is 0 Å². The van der Waals surface area contributed by atoms with Crippen LogP contribution in [-0.4, -0.2) is 18.2 Å². The average molecular weight is 243 g/mol. The second-order valence-electron chi connectivity index (χ2n) is 2.70. The molecule has 1 aromatic rings. The summed E-state index contributed by atoms with van der Waals surface area (Å²) in [4.78, 5) is 11.1. The number of Topliss-reactive ketones (excluding diaryl/α,β-unsaturated/α-hetero) is 1. The molecule has 0 saturated heterocycles. The highest BCUT2D eigenvalue weighted by Crippen LogP contribution is 2.13. The fourth-order valence-corrected chi connectivity index (χ4v) is 1.26. The molecule has 0 unspecified atom stereocenters. The molecule has 3 heteroatoms. The van der Waals surface area contributed by atoms with Crippen LogP contribution in [0.4, 0.5) is 0 Å². The lowest BCUT2D eigenvalue weighted by Gasteiger charge is -2.02. The Balaban J connectivity index is 2.71. The molecule has 0 radical (unpaired) electrons. The smallest absolute Gasteiger partial charge is 0.147 e. The van der Waals surface area contributed by atoms with Crippen LogP contribution in [-0.2, 0) is 11.2 Å². The zero-order valence-corrected chi connectivity index (χ0v) is 9.00. The van der Waals surface area contributed by atoms with E-state index in [2.05, 4.69) is 15.9 Å². The molecule has 0 amide bonds. The lowest BCUT2D eigenvalue weighted by molar-refractivity contribution is -0.115. The maximum Gasteiger partial charge on any atom is 0.147 e. The van der Waals surface area contributed by atoms with Crippen LogP contribution in [0.15, 0.2) is 24.3 Å². The predicted octanol–water partition coefficient (Wildman–Crippen LogP) is 2.20. The molecule has 2 nitrogen and oxygen atoms in total. The quantitative estimate of drug-likeness (QED) is 0.758. The molecule has 0 spiro atoms. The first-order valence-electron chi connectivity index (χ1n) is 3.97. The fourth-order valence-electron chi connectivity index (χ4n) is 1.06. The molecule has 0 saturated carbocycles. The molecule has 0 atom stereocenters. The van der Waals surface area contributed by atoms with Crippen molar-refractivity contribution in [1.29, 1.82) is 0 Å². The van der Waals surface area contributed by atoms with E-state index in [0.717, 1.165) is 11.3 Å². The molecular formula is C10H11BrO2. The topological polar surface area (TPSA) is 26.3 Å². The van der Waals surface area contributed by atoms with Gasteiger partial charge in [0.2, 0.25) is 0 Å². The van der Waals surface area contributed by atoms with Gasteiger partial charge in [-0.2, -0.15) is 0 Å². The lowest BCUT2D eigenvalue weighted by Crippen LogP contribution is -2.03. The Kier molecular flexibility index (Phi) is 3.96. The number of hydrogen-bond donors (Lipinski definition) is 0. The third-order valence-corrected chi connectivity index (χ3v) is 2.31. The van der Waals surface area contributed by atoms with E-state index in [0.29, 0.717) is 11.8 Å². The summed E-state index contributed by atoms with van der Waals surface area (Å²) in [5, 5.41) is 0.407. The number of ether oxygens (including phenoxy) is 1. The SMILES string of the molecule is COc1cccc(CC(=O)CBr)c1. The first-order valence-corrected chi connectivity index (χ1v) is 5.09. The van der Waals surface area contributed by atoms with E-state index in [-0.39, 0.29) is 5.78 Å². The Bertz CT molecular complexity index is 297. The number of methoxy groups -OCH3 is 1. The Morgan fingerprint density at radius 2 is 2.31 bits per heavy atom. The zero-order valence-electron chi connectivity index (χ0n) is 7.42. The summed E-state index contributed by atoms with van der Waals surface area (Å²) in [6.45, 7) is 0. The number of rotatable bonds is 4. The van der Waals surface area contributed by atoms with Crippen LogP contribution in [0.3, 0.4) is 0 Å². The number of halogens is 1. The summed E-state index contributed by atoms with van der Waals surface area (Å²) in [7, 11) is 1.62. The number of alkyl halides is 1. The normalized spacial score (nSPS) is 9.69. The van der Waals surface area contributed by atoms with E-state index < -0.39 is 0 Å². The number of carbonyl (C=O) groups is 1. The molecule has 70 valence electrons. The van der Waals surface area contributed by atoms with Crippen molar-refractivity contribution in [1.82, 2.24) is 0 Å². The highest BCUT2D eigenvalue weighted by molar-refractivity contribution is 9.09. The lowest BCUT2D eigenvalue weighted by atomic mass is 10.1. The molecule has 0 aliphatic heterocycles. The van der Waals surface area contributed by atoms with Crippen LogP contribution in [0.5, 0.6) is 5.75 Å². The third kappa shape index (κ3) is 3.19. The van der Waals surface area contributed by atoms with Gasteiger partial charge in [-0.15, -0.1) is 0 Å². The van der Waals surface area contributed by atoms with Gasteiger partial charge in [0.25, 0.3) is 0 Å². The van der Waals surface area contributed by atoms with E-state index in [1.54, 1.807) is 7.11 Å². The van der Waals surface area contributed by atoms with E-state index in [1.165, 1.54) is 0 Å². The predicted molar refractivity (Wildman–Crippen MR) is 55.5 cm³/mol. The van der Waals surface area contributed by atoms with Crippen molar-refractivity contribution in [3.8, 4) is 5.75 Å². The Morgan fingerprint density at radius 1 is 1.54 bits per heavy atom. The monoisotopic (exact) mass is 242 g/mol. The first-order chi connectivity index (χ1) is 6.26. The molecule has 0 aliphatic carbocycles. The number of carbonyl (C=O) groups excluding carboxylic acids is 1. The van der Waals surface area contributed by atoms with Crippen molar-refractivity contribution in [2.75, 3.05) is 12.4 Å². The first kappa shape index (κ1) is 10.3. The van der Waals surface area contributed by atoms with Gasteiger partial charge in [0.1, 0.15) is 11.5 Å². The summed E-state index contributed by atoms with van der Waals surface area (Å²) >= 11 is 3.13. The van der Waals surface area contributed by atoms with Gasteiger partial charge < -0.3 is 4.74 Å². The second-order valence-corrected chi connectivity index (χ2v) is 3.26. The van der Waals surface area contributed by atoms with Crippen molar-refractivity contribution >= 4 is 21.7 Å². The number of ketones is 1. The second kappa shape index (κ2) is 5.02.